The third kappa shape index (κ3) is 4.12. The molecule has 0 saturated carbocycles. The van der Waals surface area contributed by atoms with E-state index in [4.69, 9.17) is 16.3 Å². The molecule has 0 N–H and O–H groups in total. The van der Waals surface area contributed by atoms with Gasteiger partial charge in [-0.15, -0.1) is 0 Å². The average molecular weight is 432 g/mol. The van der Waals surface area contributed by atoms with E-state index in [0.29, 0.717) is 6.07 Å². The summed E-state index contributed by atoms with van der Waals surface area (Å²) in [5.74, 6) is -1.71. The number of carbonyl (C=O) groups is 2. The van der Waals surface area contributed by atoms with Crippen LogP contribution in [-0.4, -0.2) is 36.7 Å². The molecule has 29 heavy (non-hydrogen) atoms. The van der Waals surface area contributed by atoms with Crippen molar-refractivity contribution < 1.29 is 31.9 Å². The number of halogens is 5. The van der Waals surface area contributed by atoms with Gasteiger partial charge in [0.1, 0.15) is 18.2 Å². The molecule has 2 aromatic rings. The molecule has 1 aliphatic rings. The fourth-order valence-corrected chi connectivity index (χ4v) is 3.01. The van der Waals surface area contributed by atoms with Gasteiger partial charge in [-0.3, -0.25) is 4.79 Å². The maximum atomic E-state index is 13.4. The minimum absolute atomic E-state index is 0.0133. The fourth-order valence-electron chi connectivity index (χ4n) is 2.84. The highest BCUT2D eigenvalue weighted by Gasteiger charge is 2.43. The lowest BCUT2D eigenvalue weighted by Crippen LogP contribution is -2.47. The van der Waals surface area contributed by atoms with Gasteiger partial charge in [0.15, 0.2) is 6.04 Å². The minimum atomic E-state index is -4.66. The SMILES string of the molecule is Cc1cc(C(F)(F)F)cc(N2C(=O)OC[C@H]2C(=O)N(C)c2ccc(F)c(Cl)c2)n1. The molecule has 154 valence electrons. The highest BCUT2D eigenvalue weighted by Crippen LogP contribution is 2.33. The Bertz CT molecular complexity index is 983. The summed E-state index contributed by atoms with van der Waals surface area (Å²) in [4.78, 5) is 30.9. The summed E-state index contributed by atoms with van der Waals surface area (Å²) in [5.41, 5.74) is -0.766. The second kappa shape index (κ2) is 7.51. The molecule has 1 atom stereocenters. The van der Waals surface area contributed by atoms with Crippen LogP contribution in [-0.2, 0) is 15.7 Å². The molecule has 0 bridgehead atoms. The zero-order valence-electron chi connectivity index (χ0n) is 15.1. The Morgan fingerprint density at radius 3 is 2.62 bits per heavy atom. The molecule has 2 amide bonds. The number of hydrogen-bond acceptors (Lipinski definition) is 4. The van der Waals surface area contributed by atoms with Crippen molar-refractivity contribution in [1.29, 1.82) is 0 Å². The maximum absolute atomic E-state index is 13.4. The molecule has 6 nitrogen and oxygen atoms in total. The van der Waals surface area contributed by atoms with Gasteiger partial charge in [-0.05, 0) is 37.3 Å². The molecule has 1 fully saturated rings. The van der Waals surface area contributed by atoms with Crippen molar-refractivity contribution in [3.05, 3.63) is 52.4 Å². The molecular weight excluding hydrogens is 418 g/mol. The number of rotatable bonds is 3. The van der Waals surface area contributed by atoms with E-state index in [0.717, 1.165) is 21.9 Å². The van der Waals surface area contributed by atoms with Gasteiger partial charge < -0.3 is 9.64 Å². The van der Waals surface area contributed by atoms with Crippen molar-refractivity contribution in [2.45, 2.75) is 19.1 Å². The number of hydrogen-bond donors (Lipinski definition) is 0. The number of aromatic nitrogens is 1. The third-order valence-corrected chi connectivity index (χ3v) is 4.58. The van der Waals surface area contributed by atoms with Crippen LogP contribution in [0.5, 0.6) is 0 Å². The number of anilines is 2. The van der Waals surface area contributed by atoms with E-state index < -0.39 is 35.6 Å². The van der Waals surface area contributed by atoms with E-state index in [9.17, 15) is 27.2 Å². The molecule has 1 aromatic carbocycles. The van der Waals surface area contributed by atoms with E-state index in [1.807, 2.05) is 0 Å². The summed E-state index contributed by atoms with van der Waals surface area (Å²) in [7, 11) is 1.36. The van der Waals surface area contributed by atoms with E-state index in [1.54, 1.807) is 0 Å². The number of aryl methyl sites for hydroxylation is 1. The summed E-state index contributed by atoms with van der Waals surface area (Å²) in [6.45, 7) is 0.956. The van der Waals surface area contributed by atoms with Crippen molar-refractivity contribution in [1.82, 2.24) is 4.98 Å². The molecule has 11 heteroatoms. The van der Waals surface area contributed by atoms with Gasteiger partial charge in [0.25, 0.3) is 5.91 Å². The minimum Gasteiger partial charge on any atom is -0.446 e. The van der Waals surface area contributed by atoms with Crippen LogP contribution in [0.1, 0.15) is 11.3 Å². The summed E-state index contributed by atoms with van der Waals surface area (Å²) >= 11 is 5.73. The molecule has 0 aliphatic carbocycles. The van der Waals surface area contributed by atoms with Crippen LogP contribution in [0, 0.1) is 12.7 Å². The van der Waals surface area contributed by atoms with Crippen LogP contribution >= 0.6 is 11.6 Å². The molecule has 1 aromatic heterocycles. The quantitative estimate of drug-likeness (QED) is 0.684. The number of likely N-dealkylation sites (N-methyl/N-ethyl adjacent to an activating group) is 1. The molecule has 0 unspecified atom stereocenters. The fraction of sp³-hybridized carbons (Fsp3) is 0.278. The van der Waals surface area contributed by atoms with Crippen LogP contribution in [0.15, 0.2) is 30.3 Å². The molecule has 0 spiro atoms. The summed E-state index contributed by atoms with van der Waals surface area (Å²) in [6.07, 6.45) is -5.66. The first-order chi connectivity index (χ1) is 13.5. The second-order valence-corrected chi connectivity index (χ2v) is 6.72. The van der Waals surface area contributed by atoms with E-state index >= 15 is 0 Å². The highest BCUT2D eigenvalue weighted by molar-refractivity contribution is 6.31. The van der Waals surface area contributed by atoms with Gasteiger partial charge in [0, 0.05) is 18.4 Å². The van der Waals surface area contributed by atoms with Crippen molar-refractivity contribution in [2.24, 2.45) is 0 Å². The Morgan fingerprint density at radius 1 is 1.31 bits per heavy atom. The standard InChI is InChI=1S/C18H14ClF4N3O3/c1-9-5-10(18(21,22)23)6-15(24-9)26-14(8-29-17(26)28)16(27)25(2)11-3-4-13(20)12(19)7-11/h3-7,14H,8H2,1-2H3/t14-/m0/s1. The summed E-state index contributed by atoms with van der Waals surface area (Å²) in [6, 6.07) is 3.82. The van der Waals surface area contributed by atoms with Crippen LogP contribution < -0.4 is 9.80 Å². The van der Waals surface area contributed by atoms with Crippen LogP contribution in [0.25, 0.3) is 0 Å². The van der Waals surface area contributed by atoms with Crippen molar-refractivity contribution in [2.75, 3.05) is 23.5 Å². The number of nitrogens with zero attached hydrogens (tertiary/aromatic N) is 3. The molecule has 1 saturated heterocycles. The number of benzene rings is 1. The maximum Gasteiger partial charge on any atom is 0.416 e. The smallest absolute Gasteiger partial charge is 0.416 e. The predicted octanol–water partition coefficient (Wildman–Crippen LogP) is 4.19. The molecular formula is C18H14ClF4N3O3. The van der Waals surface area contributed by atoms with E-state index in [2.05, 4.69) is 4.98 Å². The summed E-state index contributed by atoms with van der Waals surface area (Å²) in [5, 5.41) is -0.215. The monoisotopic (exact) mass is 431 g/mol. The predicted molar refractivity (Wildman–Crippen MR) is 96.4 cm³/mol. The van der Waals surface area contributed by atoms with Gasteiger partial charge in [-0.2, -0.15) is 13.2 Å². The number of carbonyl (C=O) groups excluding carboxylic acids is 2. The van der Waals surface area contributed by atoms with E-state index in [-0.39, 0.29) is 28.8 Å². The Kier molecular flexibility index (Phi) is 5.40. The van der Waals surface area contributed by atoms with Crippen molar-refractivity contribution in [3.8, 4) is 0 Å². The van der Waals surface area contributed by atoms with Gasteiger partial charge in [-0.1, -0.05) is 11.6 Å². The second-order valence-electron chi connectivity index (χ2n) is 6.31. The number of alkyl halides is 3. The molecule has 1 aliphatic heterocycles. The average Bonchev–Trinajstić information content (AvgIpc) is 3.03. The van der Waals surface area contributed by atoms with Crippen molar-refractivity contribution >= 4 is 35.1 Å². The van der Waals surface area contributed by atoms with Gasteiger partial charge in [0.05, 0.1) is 10.6 Å². The first-order valence-corrected chi connectivity index (χ1v) is 8.61. The van der Waals surface area contributed by atoms with Crippen LogP contribution in [0.2, 0.25) is 5.02 Å². The molecule has 3 rings (SSSR count). The van der Waals surface area contributed by atoms with Crippen LogP contribution in [0.3, 0.4) is 0 Å². The largest absolute Gasteiger partial charge is 0.446 e. The number of ether oxygens (including phenoxy) is 1. The Balaban J connectivity index is 1.95. The lowest BCUT2D eigenvalue weighted by atomic mass is 10.2. The Labute approximate surface area is 167 Å². The zero-order chi connectivity index (χ0) is 21.5. The van der Waals surface area contributed by atoms with Gasteiger partial charge in [0.2, 0.25) is 0 Å². The van der Waals surface area contributed by atoms with Gasteiger partial charge in [-0.25, -0.2) is 19.1 Å². The first-order valence-electron chi connectivity index (χ1n) is 8.23. The first kappa shape index (κ1) is 20.8. The summed E-state index contributed by atoms with van der Waals surface area (Å²) < 4.78 is 57.6. The number of cyclic esters (lactones) is 1. The highest BCUT2D eigenvalue weighted by atomic mass is 35.5. The van der Waals surface area contributed by atoms with Crippen molar-refractivity contribution in [3.63, 3.8) is 0 Å². The van der Waals surface area contributed by atoms with Crippen LogP contribution in [0.4, 0.5) is 33.9 Å². The normalized spacial score (nSPS) is 16.7. The lowest BCUT2D eigenvalue weighted by Gasteiger charge is -2.26. The number of amides is 2. The Morgan fingerprint density at radius 2 is 2.00 bits per heavy atom. The van der Waals surface area contributed by atoms with Gasteiger partial charge >= 0.3 is 12.3 Å². The Hall–Kier alpha value is -2.88. The van der Waals surface area contributed by atoms with E-state index in [1.165, 1.54) is 26.1 Å². The lowest BCUT2D eigenvalue weighted by molar-refractivity contribution is -0.137. The number of pyridine rings is 1. The molecule has 0 radical (unpaired) electrons. The zero-order valence-corrected chi connectivity index (χ0v) is 15.9. The topological polar surface area (TPSA) is 62.7 Å². The molecule has 2 heterocycles. The third-order valence-electron chi connectivity index (χ3n) is 4.29.